The fraction of sp³-hybridized carbons (Fsp3) is 0.533. The largest absolute Gasteiger partial charge is 0.339 e. The van der Waals surface area contributed by atoms with Crippen LogP contribution in [0.1, 0.15) is 31.4 Å². The Morgan fingerprint density at radius 2 is 2.06 bits per heavy atom. The molecule has 0 aliphatic rings. The van der Waals surface area contributed by atoms with Crippen molar-refractivity contribution in [2.45, 2.75) is 39.2 Å². The number of benzene rings is 1. The van der Waals surface area contributed by atoms with Crippen molar-refractivity contribution in [1.82, 2.24) is 4.90 Å². The standard InChI is InChI=1S/C15H22ClNO/c1-12-6-5-7-13(10-12)8-9-14(18)17(4)15(2,3)11-16/h5-7,10H,8-9,11H2,1-4H3. The molecule has 3 heteroatoms. The zero-order valence-corrected chi connectivity index (χ0v) is 12.4. The molecule has 0 saturated carbocycles. The van der Waals surface area contributed by atoms with E-state index < -0.39 is 0 Å². The van der Waals surface area contributed by atoms with Crippen LogP contribution < -0.4 is 0 Å². The Kier molecular flexibility index (Phi) is 5.21. The van der Waals surface area contributed by atoms with Crippen LogP contribution in [0.5, 0.6) is 0 Å². The lowest BCUT2D eigenvalue weighted by Gasteiger charge is -2.34. The summed E-state index contributed by atoms with van der Waals surface area (Å²) in [6.45, 7) is 6.02. The maximum absolute atomic E-state index is 12.1. The van der Waals surface area contributed by atoms with Crippen LogP contribution in [-0.2, 0) is 11.2 Å². The first-order valence-electron chi connectivity index (χ1n) is 6.25. The van der Waals surface area contributed by atoms with E-state index in [1.165, 1.54) is 11.1 Å². The molecule has 0 radical (unpaired) electrons. The monoisotopic (exact) mass is 267 g/mol. The number of hydrogen-bond donors (Lipinski definition) is 0. The second-order valence-electron chi connectivity index (χ2n) is 5.39. The molecule has 1 amide bonds. The molecule has 0 bridgehead atoms. The fourth-order valence-electron chi connectivity index (χ4n) is 1.71. The van der Waals surface area contributed by atoms with Crippen molar-refractivity contribution >= 4 is 17.5 Å². The molecular formula is C15H22ClNO. The summed E-state index contributed by atoms with van der Waals surface area (Å²) in [5.41, 5.74) is 2.15. The number of carbonyl (C=O) groups is 1. The summed E-state index contributed by atoms with van der Waals surface area (Å²) in [6.07, 6.45) is 1.31. The van der Waals surface area contributed by atoms with E-state index in [0.29, 0.717) is 12.3 Å². The third-order valence-corrected chi connectivity index (χ3v) is 3.97. The SMILES string of the molecule is Cc1cccc(CCC(=O)N(C)C(C)(C)CCl)c1. The second kappa shape index (κ2) is 6.24. The predicted molar refractivity (Wildman–Crippen MR) is 77.1 cm³/mol. The van der Waals surface area contributed by atoms with Crippen LogP contribution >= 0.6 is 11.6 Å². The molecule has 0 aliphatic carbocycles. The van der Waals surface area contributed by atoms with E-state index in [4.69, 9.17) is 11.6 Å². The first-order chi connectivity index (χ1) is 8.36. The summed E-state index contributed by atoms with van der Waals surface area (Å²) < 4.78 is 0. The minimum atomic E-state index is -0.286. The smallest absolute Gasteiger partial charge is 0.223 e. The zero-order valence-electron chi connectivity index (χ0n) is 11.7. The highest BCUT2D eigenvalue weighted by molar-refractivity contribution is 6.18. The average molecular weight is 268 g/mol. The van der Waals surface area contributed by atoms with Gasteiger partial charge in [0.15, 0.2) is 0 Å². The molecule has 0 spiro atoms. The van der Waals surface area contributed by atoms with E-state index in [1.807, 2.05) is 27.0 Å². The van der Waals surface area contributed by atoms with Crippen molar-refractivity contribution in [1.29, 1.82) is 0 Å². The Labute approximate surface area is 115 Å². The highest BCUT2D eigenvalue weighted by Gasteiger charge is 2.26. The van der Waals surface area contributed by atoms with E-state index in [-0.39, 0.29) is 11.4 Å². The zero-order chi connectivity index (χ0) is 13.8. The molecule has 18 heavy (non-hydrogen) atoms. The molecule has 0 aliphatic heterocycles. The lowest BCUT2D eigenvalue weighted by molar-refractivity contribution is -0.133. The number of rotatable bonds is 5. The van der Waals surface area contributed by atoms with Crippen molar-refractivity contribution in [2.24, 2.45) is 0 Å². The van der Waals surface area contributed by atoms with Crippen LogP contribution in [0.25, 0.3) is 0 Å². The molecule has 0 unspecified atom stereocenters. The third kappa shape index (κ3) is 4.02. The van der Waals surface area contributed by atoms with Gasteiger partial charge in [-0.15, -0.1) is 11.6 Å². The number of halogens is 1. The number of carbonyl (C=O) groups excluding carboxylic acids is 1. The first-order valence-corrected chi connectivity index (χ1v) is 6.78. The van der Waals surface area contributed by atoms with Gasteiger partial charge in [0, 0.05) is 19.3 Å². The number of aryl methyl sites for hydroxylation is 2. The molecule has 0 aromatic heterocycles. The highest BCUT2D eigenvalue weighted by atomic mass is 35.5. The fourth-order valence-corrected chi connectivity index (χ4v) is 1.89. The first kappa shape index (κ1) is 15.0. The minimum absolute atomic E-state index is 0.141. The van der Waals surface area contributed by atoms with E-state index >= 15 is 0 Å². The van der Waals surface area contributed by atoms with Gasteiger partial charge in [0.1, 0.15) is 0 Å². The van der Waals surface area contributed by atoms with Crippen LogP contribution in [0.2, 0.25) is 0 Å². The van der Waals surface area contributed by atoms with Gasteiger partial charge in [-0.2, -0.15) is 0 Å². The summed E-state index contributed by atoms with van der Waals surface area (Å²) in [7, 11) is 1.82. The predicted octanol–water partition coefficient (Wildman–Crippen LogP) is 3.40. The molecule has 0 heterocycles. The van der Waals surface area contributed by atoms with Crippen molar-refractivity contribution in [3.05, 3.63) is 35.4 Å². The van der Waals surface area contributed by atoms with Crippen molar-refractivity contribution in [3.63, 3.8) is 0 Å². The van der Waals surface area contributed by atoms with Gasteiger partial charge in [-0.05, 0) is 32.8 Å². The molecule has 0 saturated heterocycles. The van der Waals surface area contributed by atoms with Gasteiger partial charge in [-0.1, -0.05) is 29.8 Å². The summed E-state index contributed by atoms with van der Waals surface area (Å²) in [4.78, 5) is 13.8. The summed E-state index contributed by atoms with van der Waals surface area (Å²) >= 11 is 5.88. The Morgan fingerprint density at radius 3 is 2.61 bits per heavy atom. The van der Waals surface area contributed by atoms with Crippen LogP contribution in [0.4, 0.5) is 0 Å². The molecule has 0 fully saturated rings. The molecule has 0 atom stereocenters. The van der Waals surface area contributed by atoms with E-state index in [0.717, 1.165) is 6.42 Å². The Morgan fingerprint density at radius 1 is 1.39 bits per heavy atom. The molecule has 0 N–H and O–H groups in total. The van der Waals surface area contributed by atoms with Crippen molar-refractivity contribution in [3.8, 4) is 0 Å². The normalized spacial score (nSPS) is 11.4. The van der Waals surface area contributed by atoms with Gasteiger partial charge in [-0.25, -0.2) is 0 Å². The molecule has 1 aromatic rings. The average Bonchev–Trinajstić information content (AvgIpc) is 2.35. The van der Waals surface area contributed by atoms with Crippen LogP contribution in [0, 0.1) is 6.92 Å². The van der Waals surface area contributed by atoms with Crippen LogP contribution in [0.15, 0.2) is 24.3 Å². The molecule has 1 rings (SSSR count). The second-order valence-corrected chi connectivity index (χ2v) is 5.66. The van der Waals surface area contributed by atoms with E-state index in [9.17, 15) is 4.79 Å². The Balaban J connectivity index is 2.56. The highest BCUT2D eigenvalue weighted by Crippen LogP contribution is 2.16. The van der Waals surface area contributed by atoms with Crippen LogP contribution in [0.3, 0.4) is 0 Å². The lowest BCUT2D eigenvalue weighted by Crippen LogP contribution is -2.46. The van der Waals surface area contributed by atoms with E-state index in [2.05, 4.69) is 25.1 Å². The quantitative estimate of drug-likeness (QED) is 0.749. The minimum Gasteiger partial charge on any atom is -0.339 e. The Hall–Kier alpha value is -1.02. The molecule has 1 aromatic carbocycles. The molecule has 2 nitrogen and oxygen atoms in total. The third-order valence-electron chi connectivity index (χ3n) is 3.32. The van der Waals surface area contributed by atoms with Gasteiger partial charge < -0.3 is 4.90 Å². The van der Waals surface area contributed by atoms with Gasteiger partial charge in [-0.3, -0.25) is 4.79 Å². The summed E-state index contributed by atoms with van der Waals surface area (Å²) in [5, 5.41) is 0. The van der Waals surface area contributed by atoms with Gasteiger partial charge in [0.05, 0.1) is 5.54 Å². The Bertz CT molecular complexity index is 415. The number of hydrogen-bond acceptors (Lipinski definition) is 1. The summed E-state index contributed by atoms with van der Waals surface area (Å²) in [5.74, 6) is 0.585. The lowest BCUT2D eigenvalue weighted by atomic mass is 10.0. The van der Waals surface area contributed by atoms with Gasteiger partial charge in [0.2, 0.25) is 5.91 Å². The maximum atomic E-state index is 12.1. The topological polar surface area (TPSA) is 20.3 Å². The van der Waals surface area contributed by atoms with E-state index in [1.54, 1.807) is 4.90 Å². The van der Waals surface area contributed by atoms with Crippen molar-refractivity contribution < 1.29 is 4.79 Å². The number of alkyl halides is 1. The number of nitrogens with zero attached hydrogens (tertiary/aromatic N) is 1. The maximum Gasteiger partial charge on any atom is 0.223 e. The van der Waals surface area contributed by atoms with Crippen molar-refractivity contribution in [2.75, 3.05) is 12.9 Å². The van der Waals surface area contributed by atoms with Gasteiger partial charge >= 0.3 is 0 Å². The summed E-state index contributed by atoms with van der Waals surface area (Å²) in [6, 6.07) is 8.28. The molecular weight excluding hydrogens is 246 g/mol. The van der Waals surface area contributed by atoms with Gasteiger partial charge in [0.25, 0.3) is 0 Å². The van der Waals surface area contributed by atoms with Crippen LogP contribution in [-0.4, -0.2) is 29.3 Å². The molecule has 100 valence electrons. The number of amides is 1.